The molecular weight excluding hydrogens is 251 g/mol. The average molecular weight is 257 g/mol. The van der Waals surface area contributed by atoms with Gasteiger partial charge in [0.15, 0.2) is 5.15 Å². The van der Waals surface area contributed by atoms with Crippen LogP contribution in [0.25, 0.3) is 11.7 Å². The molecule has 0 amide bonds. The van der Waals surface area contributed by atoms with Gasteiger partial charge in [-0.25, -0.2) is 9.78 Å². The molecule has 0 spiro atoms. The third-order valence-electron chi connectivity index (χ3n) is 1.96. The summed E-state index contributed by atoms with van der Waals surface area (Å²) in [7, 11) is 0. The van der Waals surface area contributed by atoms with E-state index in [9.17, 15) is 4.79 Å². The number of carboxylic acid groups (broad SMARTS) is 1. The molecule has 2 heterocycles. The van der Waals surface area contributed by atoms with E-state index >= 15 is 0 Å². The molecule has 0 radical (unpaired) electrons. The largest absolute Gasteiger partial charge is 0.478 e. The minimum Gasteiger partial charge on any atom is -0.478 e. The first-order valence-corrected chi connectivity index (χ1v) is 5.07. The fraction of sp³-hybridized carbons (Fsp3) is 0. The third kappa shape index (κ3) is 2.03. The Morgan fingerprint density at radius 1 is 1.44 bits per heavy atom. The number of aliphatic carboxylic acids is 1. The van der Waals surface area contributed by atoms with Gasteiger partial charge in [-0.15, -0.1) is 0 Å². The van der Waals surface area contributed by atoms with Gasteiger partial charge in [0, 0.05) is 12.3 Å². The molecule has 0 unspecified atom stereocenters. The van der Waals surface area contributed by atoms with Crippen molar-refractivity contribution in [2.45, 2.75) is 0 Å². The summed E-state index contributed by atoms with van der Waals surface area (Å²) in [6.07, 6.45) is 3.99. The highest BCUT2D eigenvalue weighted by atomic mass is 35.5. The summed E-state index contributed by atoms with van der Waals surface area (Å²) in [4.78, 5) is 14.5. The van der Waals surface area contributed by atoms with Gasteiger partial charge in [-0.1, -0.05) is 23.2 Å². The van der Waals surface area contributed by atoms with E-state index in [4.69, 9.17) is 28.3 Å². The molecule has 0 aliphatic rings. The molecule has 0 atom stereocenters. The number of carbonyl (C=O) groups is 1. The minimum atomic E-state index is -1.05. The summed E-state index contributed by atoms with van der Waals surface area (Å²) in [5.41, 5.74) is 1.10. The summed E-state index contributed by atoms with van der Waals surface area (Å²) < 4.78 is 1.63. The zero-order valence-corrected chi connectivity index (χ0v) is 9.40. The molecule has 0 saturated heterocycles. The van der Waals surface area contributed by atoms with Gasteiger partial charge in [0.2, 0.25) is 0 Å². The van der Waals surface area contributed by atoms with Crippen molar-refractivity contribution in [3.8, 4) is 0 Å². The van der Waals surface area contributed by atoms with Crippen molar-refractivity contribution >= 4 is 40.9 Å². The van der Waals surface area contributed by atoms with Crippen LogP contribution >= 0.6 is 23.2 Å². The Balaban J connectivity index is 2.62. The van der Waals surface area contributed by atoms with Gasteiger partial charge in [-0.2, -0.15) is 0 Å². The first-order valence-electron chi connectivity index (χ1n) is 4.32. The highest BCUT2D eigenvalue weighted by molar-refractivity contribution is 6.31. The van der Waals surface area contributed by atoms with Crippen molar-refractivity contribution in [2.75, 3.05) is 0 Å². The van der Waals surface area contributed by atoms with Crippen molar-refractivity contribution in [3.05, 3.63) is 40.3 Å². The Labute approximate surface area is 101 Å². The van der Waals surface area contributed by atoms with Gasteiger partial charge in [-0.05, 0) is 18.2 Å². The number of hydrogen-bond donors (Lipinski definition) is 1. The molecule has 2 rings (SSSR count). The number of imidazole rings is 1. The fourth-order valence-corrected chi connectivity index (χ4v) is 1.71. The van der Waals surface area contributed by atoms with E-state index in [1.807, 2.05) is 0 Å². The molecule has 0 aromatic carbocycles. The zero-order chi connectivity index (χ0) is 11.7. The lowest BCUT2D eigenvalue weighted by Gasteiger charge is -1.96. The maximum Gasteiger partial charge on any atom is 0.328 e. The smallest absolute Gasteiger partial charge is 0.328 e. The Kier molecular flexibility index (Phi) is 2.85. The van der Waals surface area contributed by atoms with Crippen LogP contribution in [0.2, 0.25) is 10.2 Å². The van der Waals surface area contributed by atoms with Crippen LogP contribution < -0.4 is 0 Å². The fourth-order valence-electron chi connectivity index (χ4n) is 1.31. The number of fused-ring (bicyclic) bond motifs is 1. The molecule has 0 aliphatic carbocycles. The van der Waals surface area contributed by atoms with Crippen molar-refractivity contribution in [3.63, 3.8) is 0 Å². The summed E-state index contributed by atoms with van der Waals surface area (Å²) in [5, 5.41) is 9.30. The molecular formula is C10H6Cl2N2O2. The van der Waals surface area contributed by atoms with Crippen molar-refractivity contribution in [1.82, 2.24) is 9.38 Å². The van der Waals surface area contributed by atoms with Gasteiger partial charge in [0.05, 0.1) is 10.7 Å². The second-order valence-corrected chi connectivity index (χ2v) is 3.83. The summed E-state index contributed by atoms with van der Waals surface area (Å²) in [5.74, 6) is -1.05. The van der Waals surface area contributed by atoms with Crippen molar-refractivity contribution in [1.29, 1.82) is 0 Å². The van der Waals surface area contributed by atoms with Gasteiger partial charge in [-0.3, -0.25) is 4.40 Å². The standard InChI is InChI=1S/C10H6Cl2N2O2/c11-6-1-3-8-13-10(12)7(14(8)5-6)2-4-9(15)16/h1-5H,(H,15,16)/b4-2+. The Morgan fingerprint density at radius 3 is 2.88 bits per heavy atom. The van der Waals surface area contributed by atoms with E-state index in [1.54, 1.807) is 22.7 Å². The number of aromatic nitrogens is 2. The van der Waals surface area contributed by atoms with Gasteiger partial charge in [0.25, 0.3) is 0 Å². The lowest BCUT2D eigenvalue weighted by Crippen LogP contribution is -1.89. The van der Waals surface area contributed by atoms with Crippen LogP contribution in [0.15, 0.2) is 24.4 Å². The number of pyridine rings is 1. The van der Waals surface area contributed by atoms with Crippen LogP contribution in [0.1, 0.15) is 5.69 Å². The SMILES string of the molecule is O=C(O)/C=C/c1c(Cl)nc2ccc(Cl)cn12. The van der Waals surface area contributed by atoms with Crippen LogP contribution in [0.5, 0.6) is 0 Å². The van der Waals surface area contributed by atoms with Crippen LogP contribution in [0.3, 0.4) is 0 Å². The third-order valence-corrected chi connectivity index (χ3v) is 2.46. The number of halogens is 2. The first kappa shape index (κ1) is 11.0. The Hall–Kier alpha value is -1.52. The molecule has 0 bridgehead atoms. The molecule has 82 valence electrons. The molecule has 0 saturated carbocycles. The normalized spacial score (nSPS) is 11.4. The predicted octanol–water partition coefficient (Wildman–Crippen LogP) is 2.74. The molecule has 2 aromatic rings. The minimum absolute atomic E-state index is 0.236. The second kappa shape index (κ2) is 4.15. The lowest BCUT2D eigenvalue weighted by atomic mass is 10.4. The van der Waals surface area contributed by atoms with E-state index in [1.165, 1.54) is 6.08 Å². The van der Waals surface area contributed by atoms with E-state index in [2.05, 4.69) is 4.98 Å². The van der Waals surface area contributed by atoms with Crippen LogP contribution in [-0.2, 0) is 4.79 Å². The maximum absolute atomic E-state index is 10.4. The van der Waals surface area contributed by atoms with Crippen LogP contribution in [0.4, 0.5) is 0 Å². The van der Waals surface area contributed by atoms with E-state index in [0.29, 0.717) is 16.4 Å². The van der Waals surface area contributed by atoms with Crippen LogP contribution in [0, 0.1) is 0 Å². The Bertz CT molecular complexity index is 590. The predicted molar refractivity (Wildman–Crippen MR) is 61.9 cm³/mol. The summed E-state index contributed by atoms with van der Waals surface area (Å²) in [6, 6.07) is 3.39. The van der Waals surface area contributed by atoms with E-state index in [-0.39, 0.29) is 5.15 Å². The first-order chi connectivity index (χ1) is 7.58. The number of carboxylic acids is 1. The molecule has 0 fully saturated rings. The molecule has 4 nitrogen and oxygen atoms in total. The second-order valence-electron chi connectivity index (χ2n) is 3.03. The van der Waals surface area contributed by atoms with Gasteiger partial charge >= 0.3 is 5.97 Å². The maximum atomic E-state index is 10.4. The molecule has 0 aliphatic heterocycles. The van der Waals surface area contributed by atoms with Gasteiger partial charge in [0.1, 0.15) is 5.65 Å². The number of nitrogens with zero attached hydrogens (tertiary/aromatic N) is 2. The summed E-state index contributed by atoms with van der Waals surface area (Å²) in [6.45, 7) is 0. The Morgan fingerprint density at radius 2 is 2.19 bits per heavy atom. The van der Waals surface area contributed by atoms with Crippen LogP contribution in [-0.4, -0.2) is 20.5 Å². The monoisotopic (exact) mass is 256 g/mol. The molecule has 6 heteroatoms. The zero-order valence-electron chi connectivity index (χ0n) is 7.89. The lowest BCUT2D eigenvalue weighted by molar-refractivity contribution is -0.131. The number of hydrogen-bond acceptors (Lipinski definition) is 2. The highest BCUT2D eigenvalue weighted by Crippen LogP contribution is 2.21. The highest BCUT2D eigenvalue weighted by Gasteiger charge is 2.07. The molecule has 16 heavy (non-hydrogen) atoms. The topological polar surface area (TPSA) is 54.6 Å². The van der Waals surface area contributed by atoms with Gasteiger partial charge < -0.3 is 5.11 Å². The number of rotatable bonds is 2. The molecule has 2 aromatic heterocycles. The average Bonchev–Trinajstić information content (AvgIpc) is 2.51. The van der Waals surface area contributed by atoms with E-state index in [0.717, 1.165) is 6.08 Å². The van der Waals surface area contributed by atoms with Crippen molar-refractivity contribution in [2.24, 2.45) is 0 Å². The van der Waals surface area contributed by atoms with Crippen molar-refractivity contribution < 1.29 is 9.90 Å². The summed E-state index contributed by atoms with van der Waals surface area (Å²) >= 11 is 11.7. The quantitative estimate of drug-likeness (QED) is 0.841. The van der Waals surface area contributed by atoms with E-state index < -0.39 is 5.97 Å². The molecule has 1 N–H and O–H groups in total.